The van der Waals surface area contributed by atoms with Crippen molar-refractivity contribution in [3.05, 3.63) is 36.0 Å². The maximum atomic E-state index is 11.8. The number of para-hydroxylation sites is 1. The zero-order valence-corrected chi connectivity index (χ0v) is 12.0. The number of rotatable bonds is 7. The average Bonchev–Trinajstić information content (AvgIpc) is 2.88. The molecule has 0 spiro atoms. The van der Waals surface area contributed by atoms with Gasteiger partial charge < -0.3 is 16.0 Å². The van der Waals surface area contributed by atoms with Crippen LogP contribution in [-0.4, -0.2) is 23.5 Å². The lowest BCUT2D eigenvalue weighted by molar-refractivity contribution is -0.121. The Hall–Kier alpha value is -1.81. The molecule has 0 saturated carbocycles. The summed E-state index contributed by atoms with van der Waals surface area (Å²) in [4.78, 5) is 15.0. The van der Waals surface area contributed by atoms with E-state index in [2.05, 4.69) is 22.4 Å². The van der Waals surface area contributed by atoms with Crippen LogP contribution in [0.5, 0.6) is 0 Å². The third-order valence-corrected chi connectivity index (χ3v) is 3.67. The number of aromatic nitrogens is 1. The zero-order valence-electron chi connectivity index (χ0n) is 12.0. The fourth-order valence-corrected chi connectivity index (χ4v) is 2.41. The van der Waals surface area contributed by atoms with Gasteiger partial charge in [0.15, 0.2) is 0 Å². The van der Waals surface area contributed by atoms with E-state index in [1.807, 2.05) is 25.3 Å². The molecule has 1 aromatic heterocycles. The monoisotopic (exact) mass is 273 g/mol. The Morgan fingerprint density at radius 3 is 2.95 bits per heavy atom. The molecule has 20 heavy (non-hydrogen) atoms. The van der Waals surface area contributed by atoms with Gasteiger partial charge in [-0.15, -0.1) is 0 Å². The van der Waals surface area contributed by atoms with Gasteiger partial charge in [0.1, 0.15) is 0 Å². The van der Waals surface area contributed by atoms with E-state index in [0.717, 1.165) is 24.8 Å². The van der Waals surface area contributed by atoms with Crippen molar-refractivity contribution in [2.24, 2.45) is 5.73 Å². The molecule has 4 N–H and O–H groups in total. The molecule has 1 aromatic carbocycles. The number of carbonyl (C=O) groups excluding carboxylic acids is 1. The van der Waals surface area contributed by atoms with Crippen molar-refractivity contribution >= 4 is 16.8 Å². The van der Waals surface area contributed by atoms with Crippen LogP contribution in [0.3, 0.4) is 0 Å². The maximum Gasteiger partial charge on any atom is 0.220 e. The topological polar surface area (TPSA) is 70.9 Å². The number of aromatic amines is 1. The standard InChI is InChI=1S/C16H23N3O/c1-2-13(10-17)19-16(20)9-5-6-12-11-18-15-8-4-3-7-14(12)15/h3-4,7-8,11,13,18H,2,5-6,9-10,17H2,1H3,(H,19,20). The van der Waals surface area contributed by atoms with Gasteiger partial charge >= 0.3 is 0 Å². The molecule has 4 heteroatoms. The number of carbonyl (C=O) groups is 1. The second-order valence-corrected chi connectivity index (χ2v) is 5.12. The predicted molar refractivity (Wildman–Crippen MR) is 82.5 cm³/mol. The highest BCUT2D eigenvalue weighted by Gasteiger charge is 2.09. The molecule has 2 aromatic rings. The Morgan fingerprint density at radius 1 is 1.40 bits per heavy atom. The summed E-state index contributed by atoms with van der Waals surface area (Å²) in [5, 5.41) is 4.21. The minimum Gasteiger partial charge on any atom is -0.361 e. The number of amides is 1. The van der Waals surface area contributed by atoms with Crippen molar-refractivity contribution in [2.45, 2.75) is 38.6 Å². The number of nitrogens with two attached hydrogens (primary N) is 1. The molecular formula is C16H23N3O. The summed E-state index contributed by atoms with van der Waals surface area (Å²) < 4.78 is 0. The van der Waals surface area contributed by atoms with E-state index in [0.29, 0.717) is 13.0 Å². The van der Waals surface area contributed by atoms with E-state index < -0.39 is 0 Å². The van der Waals surface area contributed by atoms with E-state index in [1.165, 1.54) is 10.9 Å². The van der Waals surface area contributed by atoms with Gasteiger partial charge in [0, 0.05) is 36.1 Å². The van der Waals surface area contributed by atoms with Crippen LogP contribution in [0.2, 0.25) is 0 Å². The Balaban J connectivity index is 1.82. The second-order valence-electron chi connectivity index (χ2n) is 5.12. The predicted octanol–water partition coefficient (Wildman–Crippen LogP) is 2.34. The van der Waals surface area contributed by atoms with E-state index in [-0.39, 0.29) is 11.9 Å². The molecule has 2 rings (SSSR count). The molecule has 0 aliphatic rings. The highest BCUT2D eigenvalue weighted by Crippen LogP contribution is 2.19. The van der Waals surface area contributed by atoms with Crippen molar-refractivity contribution in [1.82, 2.24) is 10.3 Å². The summed E-state index contributed by atoms with van der Waals surface area (Å²) >= 11 is 0. The first-order valence-corrected chi connectivity index (χ1v) is 7.29. The van der Waals surface area contributed by atoms with Crippen LogP contribution >= 0.6 is 0 Å². The highest BCUT2D eigenvalue weighted by molar-refractivity contribution is 5.83. The number of fused-ring (bicyclic) bond motifs is 1. The molecule has 0 aliphatic heterocycles. The first-order chi connectivity index (χ1) is 9.74. The largest absolute Gasteiger partial charge is 0.361 e. The van der Waals surface area contributed by atoms with E-state index in [4.69, 9.17) is 5.73 Å². The summed E-state index contributed by atoms with van der Waals surface area (Å²) in [5.41, 5.74) is 8.01. The summed E-state index contributed by atoms with van der Waals surface area (Å²) in [6.07, 6.45) is 5.24. The van der Waals surface area contributed by atoms with Crippen molar-refractivity contribution in [3.8, 4) is 0 Å². The van der Waals surface area contributed by atoms with E-state index >= 15 is 0 Å². The van der Waals surface area contributed by atoms with Crippen molar-refractivity contribution < 1.29 is 4.79 Å². The molecule has 0 radical (unpaired) electrons. The minimum atomic E-state index is 0.0992. The minimum absolute atomic E-state index is 0.0992. The van der Waals surface area contributed by atoms with Gasteiger partial charge in [-0.3, -0.25) is 4.79 Å². The molecule has 0 bridgehead atoms. The summed E-state index contributed by atoms with van der Waals surface area (Å²) in [5.74, 6) is 0.0992. The summed E-state index contributed by atoms with van der Waals surface area (Å²) in [6.45, 7) is 2.54. The molecule has 1 atom stereocenters. The Bertz CT molecular complexity index is 558. The molecule has 0 fully saturated rings. The quantitative estimate of drug-likeness (QED) is 0.724. The van der Waals surface area contributed by atoms with Gasteiger partial charge in [-0.1, -0.05) is 25.1 Å². The first kappa shape index (κ1) is 14.6. The van der Waals surface area contributed by atoms with Crippen molar-refractivity contribution in [1.29, 1.82) is 0 Å². The van der Waals surface area contributed by atoms with Crippen LogP contribution in [0, 0.1) is 0 Å². The van der Waals surface area contributed by atoms with Crippen LogP contribution in [0.25, 0.3) is 10.9 Å². The molecule has 1 unspecified atom stereocenters. The van der Waals surface area contributed by atoms with Crippen LogP contribution in [0.15, 0.2) is 30.5 Å². The van der Waals surface area contributed by atoms with Crippen molar-refractivity contribution in [2.75, 3.05) is 6.54 Å². The van der Waals surface area contributed by atoms with Crippen LogP contribution < -0.4 is 11.1 Å². The fraction of sp³-hybridized carbons (Fsp3) is 0.438. The number of aryl methyl sites for hydroxylation is 1. The Morgan fingerprint density at radius 2 is 2.20 bits per heavy atom. The molecule has 108 valence electrons. The van der Waals surface area contributed by atoms with Crippen LogP contribution in [-0.2, 0) is 11.2 Å². The fourth-order valence-electron chi connectivity index (χ4n) is 2.41. The molecule has 4 nitrogen and oxygen atoms in total. The van der Waals surface area contributed by atoms with Gasteiger partial charge in [0.05, 0.1) is 0 Å². The smallest absolute Gasteiger partial charge is 0.220 e. The number of H-pyrrole nitrogens is 1. The highest BCUT2D eigenvalue weighted by atomic mass is 16.1. The van der Waals surface area contributed by atoms with Gasteiger partial charge in [-0.2, -0.15) is 0 Å². The molecule has 0 saturated heterocycles. The number of benzene rings is 1. The van der Waals surface area contributed by atoms with Gasteiger partial charge in [-0.25, -0.2) is 0 Å². The SMILES string of the molecule is CCC(CN)NC(=O)CCCc1c[nH]c2ccccc12. The molecular weight excluding hydrogens is 250 g/mol. The van der Waals surface area contributed by atoms with E-state index in [1.54, 1.807) is 0 Å². The van der Waals surface area contributed by atoms with E-state index in [9.17, 15) is 4.79 Å². The molecule has 1 heterocycles. The lowest BCUT2D eigenvalue weighted by atomic mass is 10.1. The Labute approximate surface area is 119 Å². The molecule has 0 aliphatic carbocycles. The van der Waals surface area contributed by atoms with Crippen LogP contribution in [0.1, 0.15) is 31.7 Å². The maximum absolute atomic E-state index is 11.8. The first-order valence-electron chi connectivity index (χ1n) is 7.29. The summed E-state index contributed by atoms with van der Waals surface area (Å²) in [6, 6.07) is 8.35. The number of nitrogens with one attached hydrogen (secondary N) is 2. The number of hydrogen-bond donors (Lipinski definition) is 3. The van der Waals surface area contributed by atoms with Gasteiger partial charge in [0.25, 0.3) is 0 Å². The van der Waals surface area contributed by atoms with Gasteiger partial charge in [-0.05, 0) is 30.9 Å². The summed E-state index contributed by atoms with van der Waals surface area (Å²) in [7, 11) is 0. The lowest BCUT2D eigenvalue weighted by Gasteiger charge is -2.14. The Kier molecular flexibility index (Phi) is 5.18. The third kappa shape index (κ3) is 3.61. The van der Waals surface area contributed by atoms with Crippen LogP contribution in [0.4, 0.5) is 0 Å². The number of hydrogen-bond acceptors (Lipinski definition) is 2. The molecule has 1 amide bonds. The van der Waals surface area contributed by atoms with Crippen molar-refractivity contribution in [3.63, 3.8) is 0 Å². The normalized spacial score (nSPS) is 12.5. The van der Waals surface area contributed by atoms with Gasteiger partial charge in [0.2, 0.25) is 5.91 Å². The lowest BCUT2D eigenvalue weighted by Crippen LogP contribution is -2.39. The zero-order chi connectivity index (χ0) is 14.4. The second kappa shape index (κ2) is 7.10. The average molecular weight is 273 g/mol. The third-order valence-electron chi connectivity index (χ3n) is 3.67.